The minimum atomic E-state index is -2.99. The van der Waals surface area contributed by atoms with Crippen molar-refractivity contribution in [2.75, 3.05) is 26.2 Å². The van der Waals surface area contributed by atoms with Gasteiger partial charge in [-0.2, -0.15) is 0 Å². The molecule has 2 aliphatic rings. The van der Waals surface area contributed by atoms with Crippen LogP contribution in [0.2, 0.25) is 0 Å². The Labute approximate surface area is 97.9 Å². The van der Waals surface area contributed by atoms with Crippen LogP contribution < -0.4 is 5.32 Å². The van der Waals surface area contributed by atoms with E-state index in [2.05, 4.69) is 5.32 Å². The van der Waals surface area contributed by atoms with E-state index >= 15 is 0 Å². The molecule has 0 bridgehead atoms. The van der Waals surface area contributed by atoms with E-state index in [0.717, 1.165) is 38.9 Å². The molecule has 0 aromatic rings. The maximum Gasteiger partial charge on any atom is 0.218 e. The van der Waals surface area contributed by atoms with Crippen molar-refractivity contribution in [1.29, 1.82) is 0 Å². The number of hydrogen-bond acceptors (Lipinski definition) is 3. The molecule has 0 aromatic heterocycles. The van der Waals surface area contributed by atoms with Crippen LogP contribution in [-0.4, -0.2) is 44.2 Å². The van der Waals surface area contributed by atoms with Crippen molar-refractivity contribution in [3.63, 3.8) is 0 Å². The first-order chi connectivity index (χ1) is 6.71. The molecule has 90 valence electrons. The molecule has 1 atom stereocenters. The van der Waals surface area contributed by atoms with Gasteiger partial charge in [-0.1, -0.05) is 6.42 Å². The molecule has 1 unspecified atom stereocenters. The number of halogens is 1. The number of nitrogens with one attached hydrogen (secondary N) is 1. The number of rotatable bonds is 2. The molecule has 0 aliphatic carbocycles. The van der Waals surface area contributed by atoms with Crippen molar-refractivity contribution in [3.05, 3.63) is 0 Å². The van der Waals surface area contributed by atoms with Gasteiger partial charge in [0.05, 0.1) is 5.25 Å². The lowest BCUT2D eigenvalue weighted by atomic mass is 10.2. The van der Waals surface area contributed by atoms with Gasteiger partial charge in [-0.15, -0.1) is 12.4 Å². The van der Waals surface area contributed by atoms with E-state index in [-0.39, 0.29) is 17.7 Å². The van der Waals surface area contributed by atoms with Gasteiger partial charge >= 0.3 is 0 Å². The quantitative estimate of drug-likeness (QED) is 0.785. The summed E-state index contributed by atoms with van der Waals surface area (Å²) in [5, 5.41) is 2.95. The third-order valence-electron chi connectivity index (χ3n) is 3.11. The van der Waals surface area contributed by atoms with Gasteiger partial charge in [-0.3, -0.25) is 0 Å². The third kappa shape index (κ3) is 2.84. The van der Waals surface area contributed by atoms with E-state index in [1.54, 1.807) is 4.31 Å². The minimum absolute atomic E-state index is 0. The largest absolute Gasteiger partial charge is 0.315 e. The Balaban J connectivity index is 0.00000112. The summed E-state index contributed by atoms with van der Waals surface area (Å²) in [5.74, 6) is 0. The molecule has 4 nitrogen and oxygen atoms in total. The second kappa shape index (κ2) is 5.48. The highest BCUT2D eigenvalue weighted by Crippen LogP contribution is 2.19. The van der Waals surface area contributed by atoms with Crippen molar-refractivity contribution in [1.82, 2.24) is 9.62 Å². The predicted octanol–water partition coefficient (Wildman–Crippen LogP) is 0.586. The fourth-order valence-corrected chi connectivity index (χ4v) is 4.15. The normalized spacial score (nSPS) is 28.7. The highest BCUT2D eigenvalue weighted by Gasteiger charge is 2.34. The van der Waals surface area contributed by atoms with E-state index in [9.17, 15) is 8.42 Å². The lowest BCUT2D eigenvalue weighted by Crippen LogP contribution is -2.42. The van der Waals surface area contributed by atoms with Crippen molar-refractivity contribution in [2.24, 2.45) is 0 Å². The van der Waals surface area contributed by atoms with Crippen molar-refractivity contribution in [2.45, 2.75) is 30.9 Å². The molecule has 0 radical (unpaired) electrons. The summed E-state index contributed by atoms with van der Waals surface area (Å²) in [4.78, 5) is 0. The molecule has 2 fully saturated rings. The summed E-state index contributed by atoms with van der Waals surface area (Å²) in [7, 11) is -2.99. The Morgan fingerprint density at radius 1 is 1.13 bits per heavy atom. The van der Waals surface area contributed by atoms with Crippen LogP contribution in [0, 0.1) is 0 Å². The van der Waals surface area contributed by atoms with E-state index < -0.39 is 10.0 Å². The first kappa shape index (κ1) is 13.2. The number of sulfonamides is 1. The maximum absolute atomic E-state index is 12.1. The third-order valence-corrected chi connectivity index (χ3v) is 5.44. The fraction of sp³-hybridized carbons (Fsp3) is 1.00. The summed E-state index contributed by atoms with van der Waals surface area (Å²) in [6, 6.07) is 0. The Morgan fingerprint density at radius 2 is 1.80 bits per heavy atom. The Morgan fingerprint density at radius 3 is 2.33 bits per heavy atom. The van der Waals surface area contributed by atoms with Crippen LogP contribution in [0.1, 0.15) is 25.7 Å². The molecule has 2 saturated heterocycles. The smallest absolute Gasteiger partial charge is 0.218 e. The van der Waals surface area contributed by atoms with E-state index in [1.165, 1.54) is 6.42 Å². The zero-order chi connectivity index (χ0) is 10.0. The van der Waals surface area contributed by atoms with Crippen molar-refractivity contribution >= 4 is 22.4 Å². The summed E-state index contributed by atoms with van der Waals surface area (Å²) in [6.07, 6.45) is 4.01. The molecule has 1 N–H and O–H groups in total. The second-order valence-electron chi connectivity index (χ2n) is 4.12. The molecule has 0 amide bonds. The molecule has 15 heavy (non-hydrogen) atoms. The molecule has 0 aromatic carbocycles. The standard InChI is InChI=1S/C9H18N2O2S.ClH/c12-14(13,9-4-5-10-8-9)11-6-2-1-3-7-11;/h9-10H,1-8H2;1H. The molecular formula is C9H19ClN2O2S. The van der Waals surface area contributed by atoms with Gasteiger partial charge in [0.2, 0.25) is 10.0 Å². The molecule has 6 heteroatoms. The predicted molar refractivity (Wildman–Crippen MR) is 62.9 cm³/mol. The fourth-order valence-electron chi connectivity index (χ4n) is 2.21. The first-order valence-corrected chi connectivity index (χ1v) is 6.91. The van der Waals surface area contributed by atoms with Gasteiger partial charge in [0.25, 0.3) is 0 Å². The van der Waals surface area contributed by atoms with Gasteiger partial charge in [-0.25, -0.2) is 12.7 Å². The van der Waals surface area contributed by atoms with Crippen molar-refractivity contribution < 1.29 is 8.42 Å². The molecular weight excluding hydrogens is 236 g/mol. The summed E-state index contributed by atoms with van der Waals surface area (Å²) >= 11 is 0. The summed E-state index contributed by atoms with van der Waals surface area (Å²) < 4.78 is 25.8. The van der Waals surface area contributed by atoms with Crippen LogP contribution in [0.3, 0.4) is 0 Å². The van der Waals surface area contributed by atoms with Crippen LogP contribution in [0.5, 0.6) is 0 Å². The van der Waals surface area contributed by atoms with E-state index in [4.69, 9.17) is 0 Å². The number of piperidine rings is 1. The SMILES string of the molecule is Cl.O=S(=O)(C1CCNC1)N1CCCCC1. The van der Waals surface area contributed by atoms with Crippen LogP contribution in [0.15, 0.2) is 0 Å². The second-order valence-corrected chi connectivity index (χ2v) is 6.33. The van der Waals surface area contributed by atoms with Crippen LogP contribution >= 0.6 is 12.4 Å². The Hall–Kier alpha value is 0.160. The summed E-state index contributed by atoms with van der Waals surface area (Å²) in [6.45, 7) is 2.95. The van der Waals surface area contributed by atoms with Gasteiger partial charge in [0.15, 0.2) is 0 Å². The monoisotopic (exact) mass is 254 g/mol. The van der Waals surface area contributed by atoms with E-state index in [0.29, 0.717) is 6.54 Å². The highest BCUT2D eigenvalue weighted by atomic mass is 35.5. The summed E-state index contributed by atoms with van der Waals surface area (Å²) in [5.41, 5.74) is 0. The zero-order valence-electron chi connectivity index (χ0n) is 8.81. The maximum atomic E-state index is 12.1. The van der Waals surface area contributed by atoms with E-state index in [1.807, 2.05) is 0 Å². The lowest BCUT2D eigenvalue weighted by Gasteiger charge is -2.28. The van der Waals surface area contributed by atoms with Gasteiger partial charge in [-0.05, 0) is 25.8 Å². The first-order valence-electron chi connectivity index (χ1n) is 5.41. The molecule has 2 rings (SSSR count). The highest BCUT2D eigenvalue weighted by molar-refractivity contribution is 7.89. The number of nitrogens with zero attached hydrogens (tertiary/aromatic N) is 1. The average molecular weight is 255 g/mol. The van der Waals surface area contributed by atoms with Crippen LogP contribution in [-0.2, 0) is 10.0 Å². The van der Waals surface area contributed by atoms with Gasteiger partial charge in [0, 0.05) is 19.6 Å². The van der Waals surface area contributed by atoms with Crippen molar-refractivity contribution in [3.8, 4) is 0 Å². The molecule has 0 spiro atoms. The lowest BCUT2D eigenvalue weighted by molar-refractivity contribution is 0.343. The molecule has 2 heterocycles. The van der Waals surface area contributed by atoms with Crippen LogP contribution in [0.4, 0.5) is 0 Å². The molecule has 0 saturated carbocycles. The Kier molecular flexibility index (Phi) is 4.83. The number of hydrogen-bond donors (Lipinski definition) is 1. The zero-order valence-corrected chi connectivity index (χ0v) is 10.4. The Bertz CT molecular complexity index is 282. The molecule has 2 aliphatic heterocycles. The topological polar surface area (TPSA) is 49.4 Å². The van der Waals surface area contributed by atoms with Crippen LogP contribution in [0.25, 0.3) is 0 Å². The minimum Gasteiger partial charge on any atom is -0.315 e. The van der Waals surface area contributed by atoms with Gasteiger partial charge < -0.3 is 5.32 Å². The average Bonchev–Trinajstić information content (AvgIpc) is 2.72. The van der Waals surface area contributed by atoms with Gasteiger partial charge in [0.1, 0.15) is 0 Å².